The molecule has 4 nitrogen and oxygen atoms in total. The molecule has 5 heteroatoms. The average molecular weight is 129 g/mol. The van der Waals surface area contributed by atoms with Crippen LogP contribution in [-0.4, -0.2) is 30.7 Å². The van der Waals surface area contributed by atoms with Gasteiger partial charge in [-0.2, -0.15) is 0 Å². The Bertz CT molecular complexity index is 116. The summed E-state index contributed by atoms with van der Waals surface area (Å²) in [6, 6.07) is -0.643. The summed E-state index contributed by atoms with van der Waals surface area (Å²) in [5.41, 5.74) is 0. The topological polar surface area (TPSA) is 66.4 Å². The van der Waals surface area contributed by atoms with Crippen molar-refractivity contribution in [1.29, 1.82) is 0 Å². The van der Waals surface area contributed by atoms with Crippen LogP contribution in [0.3, 0.4) is 0 Å². The Labute approximate surface area is 53.5 Å². The Morgan fingerprint density at radius 3 is 2.78 bits per heavy atom. The van der Waals surface area contributed by atoms with E-state index in [1.807, 2.05) is 0 Å². The van der Waals surface area contributed by atoms with E-state index in [-0.39, 0.29) is 6.44 Å². The number of aliphatic carboxylic acids is 1. The molecule has 0 saturated heterocycles. The van der Waals surface area contributed by atoms with Gasteiger partial charge in [0, 0.05) is 0 Å². The van der Waals surface area contributed by atoms with E-state index < -0.39 is 12.0 Å². The van der Waals surface area contributed by atoms with E-state index >= 15 is 0 Å². The van der Waals surface area contributed by atoms with Crippen molar-refractivity contribution in [3.05, 3.63) is 0 Å². The molecule has 0 aromatic heterocycles. The van der Waals surface area contributed by atoms with Crippen molar-refractivity contribution in [1.82, 2.24) is 5.32 Å². The third kappa shape index (κ3) is 3.84. The molecule has 50 valence electrons. The summed E-state index contributed by atoms with van der Waals surface area (Å²) in [5, 5.41) is 10.7. The van der Waals surface area contributed by atoms with Gasteiger partial charge in [0.25, 0.3) is 0 Å². The second-order valence-electron chi connectivity index (χ2n) is 1.63. The first-order valence-electron chi connectivity index (χ1n) is 2.58. The van der Waals surface area contributed by atoms with Crippen molar-refractivity contribution in [2.75, 3.05) is 6.44 Å². The van der Waals surface area contributed by atoms with Crippen LogP contribution in [0.5, 0.6) is 0 Å². The second kappa shape index (κ2) is 4.20. The number of carboxylic acid groups (broad SMARTS) is 1. The molecule has 1 atom stereocenters. The van der Waals surface area contributed by atoms with Gasteiger partial charge in [0.2, 0.25) is 0 Å². The van der Waals surface area contributed by atoms with E-state index in [1.165, 1.54) is 6.92 Å². The van der Waals surface area contributed by atoms with Crippen LogP contribution in [0, 0.1) is 0 Å². The summed E-state index contributed by atoms with van der Waals surface area (Å²) in [7, 11) is 0.624. The molecule has 0 amide bonds. The first kappa shape index (κ1) is 8.29. The van der Waals surface area contributed by atoms with Crippen molar-refractivity contribution < 1.29 is 14.6 Å². The van der Waals surface area contributed by atoms with Crippen LogP contribution >= 0.6 is 0 Å². The van der Waals surface area contributed by atoms with Crippen LogP contribution in [0.25, 0.3) is 0 Å². The Morgan fingerprint density at radius 2 is 2.44 bits per heavy atom. The molecule has 0 bridgehead atoms. The Balaban J connectivity index is 3.37. The predicted molar refractivity (Wildman–Crippen MR) is 31.5 cm³/mol. The minimum absolute atomic E-state index is 0.0907. The molecule has 1 unspecified atom stereocenters. The van der Waals surface area contributed by atoms with Gasteiger partial charge in [-0.25, -0.2) is 0 Å². The van der Waals surface area contributed by atoms with E-state index in [0.717, 1.165) is 0 Å². The zero-order valence-corrected chi connectivity index (χ0v) is 5.13. The third-order valence-electron chi connectivity index (χ3n) is 0.878. The van der Waals surface area contributed by atoms with Gasteiger partial charge in [0.15, 0.2) is 0 Å². The quantitative estimate of drug-likeness (QED) is 0.480. The van der Waals surface area contributed by atoms with Gasteiger partial charge in [-0.1, -0.05) is 0 Å². The molecule has 0 aromatic rings. The molecule has 0 aliphatic rings. The summed E-state index contributed by atoms with van der Waals surface area (Å²) in [4.78, 5) is 10.0. The van der Waals surface area contributed by atoms with Crippen molar-refractivity contribution in [2.24, 2.45) is 0 Å². The number of carbonyl (C=O) groups is 1. The molecule has 0 heterocycles. The third-order valence-corrected chi connectivity index (χ3v) is 0.878. The fourth-order valence-corrected chi connectivity index (χ4v) is 0.312. The minimum atomic E-state index is -0.947. The summed E-state index contributed by atoms with van der Waals surface area (Å²) in [5.74, 6) is -0.947. The van der Waals surface area contributed by atoms with Crippen LogP contribution in [0.15, 0.2) is 0 Å². The fraction of sp³-hybridized carbons (Fsp3) is 0.750. The van der Waals surface area contributed by atoms with Crippen molar-refractivity contribution in [3.63, 3.8) is 0 Å². The molecular formula is C4H8BNO3. The van der Waals surface area contributed by atoms with Gasteiger partial charge in [0.05, 0.1) is 0 Å². The summed E-state index contributed by atoms with van der Waals surface area (Å²) >= 11 is 0. The van der Waals surface area contributed by atoms with E-state index in [2.05, 4.69) is 5.32 Å². The number of rotatable bonds is 4. The second-order valence-corrected chi connectivity index (χ2v) is 1.63. The van der Waals surface area contributed by atoms with E-state index in [1.54, 1.807) is 0 Å². The van der Waals surface area contributed by atoms with Crippen LogP contribution in [0.1, 0.15) is 6.92 Å². The van der Waals surface area contributed by atoms with Gasteiger partial charge >= 0.3 is 52.5 Å². The number of hydrogen-bond donors (Lipinski definition) is 2. The standard InChI is InChI=1S/C4H8BNO3/c1-3(4(7)8)6-2-5-9/h3,6H,2H2,1H3,(H,7,8). The molecule has 0 rings (SSSR count). The number of hydrogen-bond acceptors (Lipinski definition) is 3. The van der Waals surface area contributed by atoms with Gasteiger partial charge < -0.3 is 0 Å². The van der Waals surface area contributed by atoms with E-state index in [0.29, 0.717) is 7.15 Å². The molecule has 0 aliphatic heterocycles. The Morgan fingerprint density at radius 1 is 1.89 bits per heavy atom. The van der Waals surface area contributed by atoms with Gasteiger partial charge in [0.1, 0.15) is 0 Å². The van der Waals surface area contributed by atoms with Gasteiger partial charge in [-0.05, 0) is 0 Å². The van der Waals surface area contributed by atoms with Gasteiger partial charge in [-0.3, -0.25) is 0 Å². The Hall–Kier alpha value is -0.705. The van der Waals surface area contributed by atoms with Crippen molar-refractivity contribution >= 4 is 13.1 Å². The van der Waals surface area contributed by atoms with Gasteiger partial charge in [-0.15, -0.1) is 0 Å². The molecular weight excluding hydrogens is 121 g/mol. The van der Waals surface area contributed by atoms with Crippen LogP contribution in [0.2, 0.25) is 0 Å². The molecule has 9 heavy (non-hydrogen) atoms. The molecule has 0 spiro atoms. The normalized spacial score (nSPS) is 12.1. The zero-order chi connectivity index (χ0) is 7.28. The van der Waals surface area contributed by atoms with Crippen LogP contribution in [-0.2, 0) is 9.50 Å². The predicted octanol–water partition coefficient (Wildman–Crippen LogP) is -0.944. The molecule has 0 fully saturated rings. The summed E-state index contributed by atoms with van der Waals surface area (Å²) in [6.07, 6.45) is 0.0907. The molecule has 0 saturated carbocycles. The first-order chi connectivity index (χ1) is 4.18. The number of carboxylic acids is 1. The van der Waals surface area contributed by atoms with Crippen LogP contribution < -0.4 is 5.32 Å². The first-order valence-corrected chi connectivity index (χ1v) is 2.58. The zero-order valence-electron chi connectivity index (χ0n) is 5.13. The van der Waals surface area contributed by atoms with Crippen molar-refractivity contribution in [3.8, 4) is 0 Å². The SMILES string of the molecule is CC(NCB=O)C(=O)O. The average Bonchev–Trinajstić information content (AvgIpc) is 1.82. The molecule has 0 aliphatic carbocycles. The monoisotopic (exact) mass is 129 g/mol. The fourth-order valence-electron chi connectivity index (χ4n) is 0.312. The Kier molecular flexibility index (Phi) is 3.87. The molecule has 2 N–H and O–H groups in total. The van der Waals surface area contributed by atoms with E-state index in [9.17, 15) is 9.50 Å². The maximum absolute atomic E-state index is 10.0. The molecule has 0 radical (unpaired) electrons. The van der Waals surface area contributed by atoms with E-state index in [4.69, 9.17) is 5.11 Å². The van der Waals surface area contributed by atoms with Crippen LogP contribution in [0.4, 0.5) is 0 Å². The van der Waals surface area contributed by atoms with Crippen molar-refractivity contribution in [2.45, 2.75) is 13.0 Å². The number of nitrogens with one attached hydrogen (secondary N) is 1. The summed E-state index contributed by atoms with van der Waals surface area (Å²) in [6.45, 7) is 1.48. The molecule has 0 aromatic carbocycles. The summed E-state index contributed by atoms with van der Waals surface area (Å²) < 4.78 is 9.68. The maximum atomic E-state index is 10.0.